The van der Waals surface area contributed by atoms with E-state index in [2.05, 4.69) is 71.0 Å². The van der Waals surface area contributed by atoms with E-state index in [1.165, 1.54) is 5.39 Å². The average molecular weight is 360 g/mol. The molecule has 0 aliphatic rings. The van der Waals surface area contributed by atoms with E-state index in [9.17, 15) is 0 Å². The molecule has 27 heavy (non-hydrogen) atoms. The Balaban J connectivity index is 1.54. The molecule has 0 bridgehead atoms. The Labute approximate surface area is 156 Å². The predicted molar refractivity (Wildman–Crippen MR) is 105 cm³/mol. The fourth-order valence-corrected chi connectivity index (χ4v) is 2.69. The lowest BCUT2D eigenvalue weighted by molar-refractivity contribution is 0.331. The fraction of sp³-hybridized carbons (Fsp3) is 0.200. The number of nitrogens with zero attached hydrogens (tertiary/aromatic N) is 5. The molecule has 0 saturated heterocycles. The molecule has 0 aliphatic carbocycles. The van der Waals surface area contributed by atoms with Crippen molar-refractivity contribution in [3.63, 3.8) is 0 Å². The highest BCUT2D eigenvalue weighted by Gasteiger charge is 2.19. The van der Waals surface area contributed by atoms with Gasteiger partial charge in [-0.3, -0.25) is 0 Å². The van der Waals surface area contributed by atoms with Crippen LogP contribution in [-0.2, 0) is 5.41 Å². The maximum atomic E-state index is 5.36. The van der Waals surface area contributed by atoms with Gasteiger partial charge in [0.15, 0.2) is 11.6 Å². The van der Waals surface area contributed by atoms with Crippen LogP contribution >= 0.6 is 0 Å². The summed E-state index contributed by atoms with van der Waals surface area (Å²) in [5.41, 5.74) is 0.811. The van der Waals surface area contributed by atoms with Crippen molar-refractivity contribution in [2.24, 2.45) is 0 Å². The molecule has 136 valence electrons. The third-order valence-electron chi connectivity index (χ3n) is 4.18. The van der Waals surface area contributed by atoms with Crippen molar-refractivity contribution >= 4 is 22.7 Å². The SMILES string of the molecule is CC(C)(C)c1cc(NC=Cc2nnnn2-c2ccc3ccccc3c2)no1. The maximum Gasteiger partial charge on any atom is 0.181 e. The minimum Gasteiger partial charge on any atom is -0.359 e. The highest BCUT2D eigenvalue weighted by molar-refractivity contribution is 5.84. The van der Waals surface area contributed by atoms with Crippen molar-refractivity contribution in [2.45, 2.75) is 26.2 Å². The summed E-state index contributed by atoms with van der Waals surface area (Å²) in [6.45, 7) is 6.22. The van der Waals surface area contributed by atoms with Crippen LogP contribution < -0.4 is 5.32 Å². The average Bonchev–Trinajstić information content (AvgIpc) is 3.31. The van der Waals surface area contributed by atoms with Gasteiger partial charge in [0.2, 0.25) is 0 Å². The first-order valence-electron chi connectivity index (χ1n) is 8.68. The van der Waals surface area contributed by atoms with Crippen LogP contribution in [0.3, 0.4) is 0 Å². The Kier molecular flexibility index (Phi) is 4.19. The second-order valence-electron chi connectivity index (χ2n) is 7.28. The van der Waals surface area contributed by atoms with Gasteiger partial charge in [-0.25, -0.2) is 0 Å². The van der Waals surface area contributed by atoms with E-state index >= 15 is 0 Å². The van der Waals surface area contributed by atoms with Gasteiger partial charge < -0.3 is 9.84 Å². The molecule has 0 fully saturated rings. The van der Waals surface area contributed by atoms with Crippen LogP contribution in [0, 0.1) is 0 Å². The minimum absolute atomic E-state index is 0.0865. The lowest BCUT2D eigenvalue weighted by Crippen LogP contribution is -2.09. The third-order valence-corrected chi connectivity index (χ3v) is 4.18. The first-order chi connectivity index (χ1) is 13.0. The largest absolute Gasteiger partial charge is 0.359 e. The summed E-state index contributed by atoms with van der Waals surface area (Å²) in [7, 11) is 0. The smallest absolute Gasteiger partial charge is 0.181 e. The summed E-state index contributed by atoms with van der Waals surface area (Å²) in [5.74, 6) is 2.07. The number of rotatable bonds is 4. The van der Waals surface area contributed by atoms with Gasteiger partial charge in [0.05, 0.1) is 5.69 Å². The van der Waals surface area contributed by atoms with Gasteiger partial charge in [0.25, 0.3) is 0 Å². The highest BCUT2D eigenvalue weighted by atomic mass is 16.5. The molecule has 0 unspecified atom stereocenters. The standard InChI is InChI=1S/C20H20N6O/c1-20(2,3)17-13-18(23-27-17)21-11-10-19-22-24-25-26(19)16-9-8-14-6-4-5-7-15(14)12-16/h4-13H,1-3H3,(H,21,23). The zero-order valence-electron chi connectivity index (χ0n) is 15.4. The van der Waals surface area contributed by atoms with Crippen LogP contribution in [0.2, 0.25) is 0 Å². The molecule has 0 aliphatic heterocycles. The van der Waals surface area contributed by atoms with E-state index < -0.39 is 0 Å². The number of nitrogens with one attached hydrogen (secondary N) is 1. The first kappa shape index (κ1) is 17.0. The fourth-order valence-electron chi connectivity index (χ4n) is 2.69. The van der Waals surface area contributed by atoms with E-state index in [0.717, 1.165) is 16.8 Å². The van der Waals surface area contributed by atoms with Crippen LogP contribution in [0.15, 0.2) is 59.3 Å². The number of aromatic nitrogens is 5. The number of anilines is 1. The molecule has 4 rings (SSSR count). The summed E-state index contributed by atoms with van der Waals surface area (Å²) in [5, 5.41) is 21.4. The van der Waals surface area contributed by atoms with Crippen LogP contribution in [0.5, 0.6) is 0 Å². The van der Waals surface area contributed by atoms with Gasteiger partial charge in [-0.15, -0.1) is 5.10 Å². The monoisotopic (exact) mass is 360 g/mol. The molecule has 0 saturated carbocycles. The second-order valence-corrected chi connectivity index (χ2v) is 7.28. The van der Waals surface area contributed by atoms with Crippen LogP contribution in [0.25, 0.3) is 22.5 Å². The molecule has 0 radical (unpaired) electrons. The summed E-state index contributed by atoms with van der Waals surface area (Å²) < 4.78 is 7.05. The van der Waals surface area contributed by atoms with E-state index in [-0.39, 0.29) is 5.41 Å². The number of benzene rings is 2. The molecule has 7 nitrogen and oxygen atoms in total. The van der Waals surface area contributed by atoms with Crippen molar-refractivity contribution in [1.29, 1.82) is 0 Å². The Bertz CT molecular complexity index is 1100. The molecule has 1 N–H and O–H groups in total. The summed E-state index contributed by atoms with van der Waals surface area (Å²) in [6, 6.07) is 16.2. The third kappa shape index (κ3) is 3.57. The van der Waals surface area contributed by atoms with Crippen molar-refractivity contribution in [3.05, 3.63) is 66.3 Å². The van der Waals surface area contributed by atoms with Gasteiger partial charge in [0.1, 0.15) is 5.76 Å². The highest BCUT2D eigenvalue weighted by Crippen LogP contribution is 2.24. The van der Waals surface area contributed by atoms with Crippen molar-refractivity contribution in [2.75, 3.05) is 5.32 Å². The molecular formula is C20H20N6O. The van der Waals surface area contributed by atoms with Crippen LogP contribution in [0.4, 0.5) is 5.82 Å². The topological polar surface area (TPSA) is 81.7 Å². The number of fused-ring (bicyclic) bond motifs is 1. The molecular weight excluding hydrogens is 340 g/mol. The van der Waals surface area contributed by atoms with Gasteiger partial charge >= 0.3 is 0 Å². The molecule has 7 heteroatoms. The number of tetrazole rings is 1. The Morgan fingerprint density at radius 3 is 2.63 bits per heavy atom. The minimum atomic E-state index is -0.0865. The maximum absolute atomic E-state index is 5.36. The molecule has 0 amide bonds. The Morgan fingerprint density at radius 2 is 1.85 bits per heavy atom. The lowest BCUT2D eigenvalue weighted by Gasteiger charge is -2.11. The molecule has 2 aromatic heterocycles. The van der Waals surface area contributed by atoms with E-state index in [4.69, 9.17) is 4.52 Å². The first-order valence-corrected chi connectivity index (χ1v) is 8.68. The molecule has 4 aromatic rings. The van der Waals surface area contributed by atoms with Gasteiger partial charge in [-0.05, 0) is 33.3 Å². The van der Waals surface area contributed by atoms with Gasteiger partial charge in [0, 0.05) is 23.8 Å². The van der Waals surface area contributed by atoms with Crippen LogP contribution in [-0.4, -0.2) is 25.4 Å². The van der Waals surface area contributed by atoms with E-state index in [1.807, 2.05) is 24.3 Å². The second kappa shape index (κ2) is 6.68. The normalized spacial score (nSPS) is 12.1. The lowest BCUT2D eigenvalue weighted by atomic mass is 9.93. The van der Waals surface area contributed by atoms with Gasteiger partial charge in [-0.1, -0.05) is 56.3 Å². The number of hydrogen-bond donors (Lipinski definition) is 1. The Morgan fingerprint density at radius 1 is 1.04 bits per heavy atom. The van der Waals surface area contributed by atoms with Crippen molar-refractivity contribution in [3.8, 4) is 5.69 Å². The summed E-state index contributed by atoms with van der Waals surface area (Å²) in [4.78, 5) is 0. The van der Waals surface area contributed by atoms with Crippen LogP contribution in [0.1, 0.15) is 32.4 Å². The summed E-state index contributed by atoms with van der Waals surface area (Å²) >= 11 is 0. The summed E-state index contributed by atoms with van der Waals surface area (Å²) in [6.07, 6.45) is 3.54. The van der Waals surface area contributed by atoms with E-state index in [1.54, 1.807) is 17.0 Å². The quantitative estimate of drug-likeness (QED) is 0.588. The zero-order chi connectivity index (χ0) is 18.9. The van der Waals surface area contributed by atoms with Crippen molar-refractivity contribution < 1.29 is 4.52 Å². The molecule has 2 heterocycles. The number of hydrogen-bond acceptors (Lipinski definition) is 6. The predicted octanol–water partition coefficient (Wildman–Crippen LogP) is 4.18. The molecule has 0 atom stereocenters. The zero-order valence-corrected chi connectivity index (χ0v) is 15.4. The molecule has 2 aromatic carbocycles. The van der Waals surface area contributed by atoms with Gasteiger partial charge in [-0.2, -0.15) is 4.68 Å². The van der Waals surface area contributed by atoms with E-state index in [0.29, 0.717) is 11.6 Å². The Hall–Kier alpha value is -3.48. The molecule has 0 spiro atoms. The van der Waals surface area contributed by atoms with Crippen molar-refractivity contribution in [1.82, 2.24) is 25.4 Å².